The number of ketones is 1. The number of nitrogens with zero attached hydrogens (tertiary/aromatic N) is 2. The van der Waals surface area contributed by atoms with Gasteiger partial charge in [-0.05, 0) is 37.1 Å². The fourth-order valence-electron chi connectivity index (χ4n) is 3.28. The topological polar surface area (TPSA) is 75.3 Å². The van der Waals surface area contributed by atoms with E-state index in [1.54, 1.807) is 6.92 Å². The lowest BCUT2D eigenvalue weighted by atomic mass is 9.94. The number of aromatic amines is 1. The average Bonchev–Trinajstić information content (AvgIpc) is 3.05. The molecule has 1 aliphatic rings. The Morgan fingerprint density at radius 2 is 2.03 bits per heavy atom. The number of rotatable bonds is 6. The van der Waals surface area contributed by atoms with Crippen LogP contribution in [-0.2, 0) is 6.18 Å². The van der Waals surface area contributed by atoms with Gasteiger partial charge in [-0.25, -0.2) is 0 Å². The first-order valence-corrected chi connectivity index (χ1v) is 9.28. The first-order valence-electron chi connectivity index (χ1n) is 9.28. The molecule has 0 aliphatic carbocycles. The molecule has 156 valence electrons. The molecule has 1 saturated heterocycles. The molecule has 0 bridgehead atoms. The Hall–Kier alpha value is -2.68. The fourth-order valence-corrected chi connectivity index (χ4v) is 3.28. The minimum absolute atomic E-state index is 0.00309. The predicted molar refractivity (Wildman–Crippen MR) is 100 cm³/mol. The number of hydrogen-bond acceptors (Lipinski definition) is 5. The summed E-state index contributed by atoms with van der Waals surface area (Å²) in [7, 11) is 1.96. The maximum Gasteiger partial charge on any atom is 0.416 e. The number of carbonyl (C=O) groups is 1. The largest absolute Gasteiger partial charge is 0.460 e. The van der Waals surface area contributed by atoms with Gasteiger partial charge >= 0.3 is 6.18 Å². The molecule has 29 heavy (non-hydrogen) atoms. The van der Waals surface area contributed by atoms with Gasteiger partial charge in [0.1, 0.15) is 11.8 Å². The molecule has 3 rings (SSSR count). The maximum absolute atomic E-state index is 12.7. The van der Waals surface area contributed by atoms with Gasteiger partial charge in [0, 0.05) is 25.6 Å². The lowest BCUT2D eigenvalue weighted by molar-refractivity contribution is -0.137. The van der Waals surface area contributed by atoms with E-state index >= 15 is 0 Å². The summed E-state index contributed by atoms with van der Waals surface area (Å²) in [6.07, 6.45) is -3.71. The molecule has 2 atom stereocenters. The maximum atomic E-state index is 12.7. The van der Waals surface area contributed by atoms with Gasteiger partial charge in [0.15, 0.2) is 5.78 Å². The highest BCUT2D eigenvalue weighted by molar-refractivity contribution is 5.94. The van der Waals surface area contributed by atoms with Gasteiger partial charge in [0.2, 0.25) is 0 Å². The van der Waals surface area contributed by atoms with Gasteiger partial charge < -0.3 is 9.64 Å². The Balaban J connectivity index is 1.69. The van der Waals surface area contributed by atoms with Crippen LogP contribution in [0.15, 0.2) is 35.1 Å². The molecular formula is C20H22F3N3O3. The highest BCUT2D eigenvalue weighted by atomic mass is 19.4. The molecule has 0 saturated carbocycles. The lowest BCUT2D eigenvalue weighted by Gasteiger charge is -2.14. The average molecular weight is 409 g/mol. The third-order valence-electron chi connectivity index (χ3n) is 4.93. The molecule has 9 heteroatoms. The standard InChI is InChI=1S/C20H22F3N3O3/c1-12(13-3-5-14(6-4-13)20(21,22)23)9-17(27)16-10-18(28)25-19(24-16)29-15-7-8-26(2)11-15/h3-6,10,12,15H,7-9,11H2,1-2H3,(H,24,25,28). The number of halogens is 3. The van der Waals surface area contributed by atoms with E-state index in [2.05, 4.69) is 14.9 Å². The molecule has 1 aromatic carbocycles. The molecule has 2 heterocycles. The number of alkyl halides is 3. The van der Waals surface area contributed by atoms with Crippen molar-refractivity contribution in [1.82, 2.24) is 14.9 Å². The van der Waals surface area contributed by atoms with Crippen LogP contribution >= 0.6 is 0 Å². The van der Waals surface area contributed by atoms with Gasteiger partial charge in [-0.3, -0.25) is 14.6 Å². The van der Waals surface area contributed by atoms with Gasteiger partial charge in [-0.2, -0.15) is 18.2 Å². The molecule has 2 aromatic rings. The van der Waals surface area contributed by atoms with Crippen molar-refractivity contribution >= 4 is 5.78 Å². The van der Waals surface area contributed by atoms with Crippen molar-refractivity contribution in [2.75, 3.05) is 20.1 Å². The number of carbonyl (C=O) groups excluding carboxylic acids is 1. The van der Waals surface area contributed by atoms with E-state index in [0.717, 1.165) is 31.2 Å². The van der Waals surface area contributed by atoms with Crippen molar-refractivity contribution in [1.29, 1.82) is 0 Å². The molecule has 1 aliphatic heterocycles. The quantitative estimate of drug-likeness (QED) is 0.742. The number of ether oxygens (including phenoxy) is 1. The van der Waals surface area contributed by atoms with E-state index in [1.807, 2.05) is 7.05 Å². The monoisotopic (exact) mass is 409 g/mol. The van der Waals surface area contributed by atoms with Crippen molar-refractivity contribution in [3.63, 3.8) is 0 Å². The fraction of sp³-hybridized carbons (Fsp3) is 0.450. The van der Waals surface area contributed by atoms with E-state index < -0.39 is 17.3 Å². The van der Waals surface area contributed by atoms with Gasteiger partial charge in [-0.15, -0.1) is 0 Å². The van der Waals surface area contributed by atoms with Crippen LogP contribution in [0.25, 0.3) is 0 Å². The molecule has 2 unspecified atom stereocenters. The van der Waals surface area contributed by atoms with Gasteiger partial charge in [-0.1, -0.05) is 19.1 Å². The number of aromatic nitrogens is 2. The van der Waals surface area contributed by atoms with E-state index in [1.165, 1.54) is 12.1 Å². The van der Waals surface area contributed by atoms with Crippen molar-refractivity contribution in [3.05, 3.63) is 57.5 Å². The number of likely N-dealkylation sites (tertiary alicyclic amines) is 1. The van der Waals surface area contributed by atoms with Crippen LogP contribution in [0.4, 0.5) is 13.2 Å². The zero-order chi connectivity index (χ0) is 21.2. The molecule has 0 spiro atoms. The highest BCUT2D eigenvalue weighted by Gasteiger charge is 2.30. The smallest absolute Gasteiger partial charge is 0.416 e. The minimum Gasteiger partial charge on any atom is -0.460 e. The van der Waals surface area contributed by atoms with Crippen molar-refractivity contribution in [3.8, 4) is 6.01 Å². The number of benzene rings is 1. The Bertz CT molecular complexity index is 925. The van der Waals surface area contributed by atoms with Crippen molar-refractivity contribution < 1.29 is 22.7 Å². The molecule has 6 nitrogen and oxygen atoms in total. The summed E-state index contributed by atoms with van der Waals surface area (Å²) in [5, 5.41) is 0. The third-order valence-corrected chi connectivity index (χ3v) is 4.93. The summed E-state index contributed by atoms with van der Waals surface area (Å²) in [4.78, 5) is 33.2. The number of hydrogen-bond donors (Lipinski definition) is 1. The number of nitrogens with one attached hydrogen (secondary N) is 1. The zero-order valence-electron chi connectivity index (χ0n) is 16.1. The van der Waals surface area contributed by atoms with Crippen LogP contribution in [0.2, 0.25) is 0 Å². The molecule has 1 fully saturated rings. The summed E-state index contributed by atoms with van der Waals surface area (Å²) in [5.74, 6) is -0.712. The summed E-state index contributed by atoms with van der Waals surface area (Å²) >= 11 is 0. The van der Waals surface area contributed by atoms with Crippen LogP contribution < -0.4 is 10.3 Å². The van der Waals surface area contributed by atoms with Crippen LogP contribution in [0.1, 0.15) is 47.3 Å². The normalized spacial score (nSPS) is 18.6. The van der Waals surface area contributed by atoms with Crippen molar-refractivity contribution in [2.24, 2.45) is 0 Å². The molecule has 0 amide bonds. The Morgan fingerprint density at radius 1 is 1.34 bits per heavy atom. The summed E-state index contributed by atoms with van der Waals surface area (Å²) in [6.45, 7) is 3.31. The summed E-state index contributed by atoms with van der Waals surface area (Å²) in [5.41, 5.74) is -0.655. The Morgan fingerprint density at radius 3 is 2.62 bits per heavy atom. The number of likely N-dealkylation sites (N-methyl/N-ethyl adjacent to an activating group) is 1. The third kappa shape index (κ3) is 5.44. The van der Waals surface area contributed by atoms with E-state index in [9.17, 15) is 22.8 Å². The Kier molecular flexibility index (Phi) is 6.07. The van der Waals surface area contributed by atoms with E-state index in [0.29, 0.717) is 12.1 Å². The number of Topliss-reactive ketones (excluding diaryl/α,β-unsaturated/α-hetero) is 1. The first-order chi connectivity index (χ1) is 13.6. The SMILES string of the molecule is CC(CC(=O)c1cc(=O)[nH]c(OC2CCN(C)C2)n1)c1ccc(C(F)(F)F)cc1. The van der Waals surface area contributed by atoms with Crippen LogP contribution in [-0.4, -0.2) is 46.9 Å². The second-order valence-electron chi connectivity index (χ2n) is 7.37. The van der Waals surface area contributed by atoms with E-state index in [4.69, 9.17) is 4.74 Å². The van der Waals surface area contributed by atoms with Crippen LogP contribution in [0, 0.1) is 0 Å². The first kappa shape index (κ1) is 21.0. The lowest BCUT2D eigenvalue weighted by Crippen LogP contribution is -2.24. The van der Waals surface area contributed by atoms with Gasteiger partial charge in [0.05, 0.1) is 5.56 Å². The Labute approximate surface area is 165 Å². The summed E-state index contributed by atoms with van der Waals surface area (Å²) < 4.78 is 43.7. The highest BCUT2D eigenvalue weighted by Crippen LogP contribution is 2.31. The second-order valence-corrected chi connectivity index (χ2v) is 7.37. The molecule has 0 radical (unpaired) electrons. The molecule has 1 N–H and O–H groups in total. The van der Waals surface area contributed by atoms with Gasteiger partial charge in [0.25, 0.3) is 11.6 Å². The van der Waals surface area contributed by atoms with Crippen molar-refractivity contribution in [2.45, 2.75) is 38.0 Å². The van der Waals surface area contributed by atoms with Crippen LogP contribution in [0.3, 0.4) is 0 Å². The second kappa shape index (κ2) is 8.36. The molecular weight excluding hydrogens is 387 g/mol. The summed E-state index contributed by atoms with van der Waals surface area (Å²) in [6, 6.07) is 5.81. The molecule has 1 aromatic heterocycles. The van der Waals surface area contributed by atoms with Crippen LogP contribution in [0.5, 0.6) is 6.01 Å². The predicted octanol–water partition coefficient (Wildman–Crippen LogP) is 3.25. The minimum atomic E-state index is -4.41. The zero-order valence-corrected chi connectivity index (χ0v) is 16.1. The van der Waals surface area contributed by atoms with E-state index in [-0.39, 0.29) is 35.9 Å². The number of H-pyrrole nitrogens is 1.